The molecule has 3 N–H and O–H groups in total. The lowest BCUT2D eigenvalue weighted by Gasteiger charge is -2.05. The molecule has 0 saturated carbocycles. The van der Waals surface area contributed by atoms with E-state index in [1.807, 2.05) is 25.1 Å². The lowest BCUT2D eigenvalue weighted by Crippen LogP contribution is -2.13. The first-order valence-electron chi connectivity index (χ1n) is 3.68. The number of halogens is 1. The highest BCUT2D eigenvalue weighted by molar-refractivity contribution is 6.31. The SMILES string of the molecule is Cc1cccc(Cl)c1CC(=N)N. The number of rotatable bonds is 2. The molecule has 0 amide bonds. The van der Waals surface area contributed by atoms with E-state index in [1.165, 1.54) is 0 Å². The van der Waals surface area contributed by atoms with Crippen molar-refractivity contribution in [2.24, 2.45) is 5.73 Å². The standard InChI is InChI=1S/C9H11ClN2/c1-6-3-2-4-8(10)7(6)5-9(11)12/h2-4H,5H2,1H3,(H3,11,12). The monoisotopic (exact) mass is 182 g/mol. The molecule has 1 aromatic carbocycles. The van der Waals surface area contributed by atoms with Crippen LogP contribution in [-0.4, -0.2) is 5.84 Å². The summed E-state index contributed by atoms with van der Waals surface area (Å²) in [4.78, 5) is 0. The first-order valence-corrected chi connectivity index (χ1v) is 4.06. The van der Waals surface area contributed by atoms with Crippen LogP contribution in [0.15, 0.2) is 18.2 Å². The Balaban J connectivity index is 3.04. The Bertz CT molecular complexity index is 287. The zero-order valence-electron chi connectivity index (χ0n) is 6.89. The van der Waals surface area contributed by atoms with Gasteiger partial charge in [0.05, 0.1) is 5.84 Å². The number of amidine groups is 1. The average molecular weight is 183 g/mol. The number of benzene rings is 1. The summed E-state index contributed by atoms with van der Waals surface area (Å²) < 4.78 is 0. The van der Waals surface area contributed by atoms with Crippen molar-refractivity contribution in [1.82, 2.24) is 0 Å². The number of hydrogen-bond acceptors (Lipinski definition) is 1. The Labute approximate surface area is 76.9 Å². The van der Waals surface area contributed by atoms with E-state index in [9.17, 15) is 0 Å². The molecule has 0 radical (unpaired) electrons. The Morgan fingerprint density at radius 2 is 2.25 bits per heavy atom. The highest BCUT2D eigenvalue weighted by Gasteiger charge is 2.03. The van der Waals surface area contributed by atoms with E-state index < -0.39 is 0 Å². The number of hydrogen-bond donors (Lipinski definition) is 2. The molecule has 0 atom stereocenters. The molecule has 64 valence electrons. The zero-order valence-corrected chi connectivity index (χ0v) is 7.65. The molecule has 0 unspecified atom stereocenters. The molecule has 0 aromatic heterocycles. The van der Waals surface area contributed by atoms with Gasteiger partial charge in [-0.2, -0.15) is 0 Å². The number of nitrogens with two attached hydrogens (primary N) is 1. The fraction of sp³-hybridized carbons (Fsp3) is 0.222. The van der Waals surface area contributed by atoms with Crippen LogP contribution in [0, 0.1) is 12.3 Å². The highest BCUT2D eigenvalue weighted by atomic mass is 35.5. The second-order valence-electron chi connectivity index (χ2n) is 2.74. The molecular formula is C9H11ClN2. The van der Waals surface area contributed by atoms with Crippen LogP contribution in [0.25, 0.3) is 0 Å². The van der Waals surface area contributed by atoms with Gasteiger partial charge in [0.15, 0.2) is 0 Å². The van der Waals surface area contributed by atoms with Crippen molar-refractivity contribution in [3.63, 3.8) is 0 Å². The Morgan fingerprint density at radius 1 is 1.58 bits per heavy atom. The van der Waals surface area contributed by atoms with Gasteiger partial charge in [0, 0.05) is 11.4 Å². The minimum absolute atomic E-state index is 0.145. The smallest absolute Gasteiger partial charge is 0.0950 e. The van der Waals surface area contributed by atoms with E-state index in [1.54, 1.807) is 0 Å². The summed E-state index contributed by atoms with van der Waals surface area (Å²) >= 11 is 5.92. The van der Waals surface area contributed by atoms with Crippen LogP contribution in [0.1, 0.15) is 11.1 Å². The highest BCUT2D eigenvalue weighted by Crippen LogP contribution is 2.19. The summed E-state index contributed by atoms with van der Waals surface area (Å²) in [6, 6.07) is 5.66. The van der Waals surface area contributed by atoms with Gasteiger partial charge >= 0.3 is 0 Å². The molecule has 0 heterocycles. The first kappa shape index (κ1) is 9.07. The molecule has 0 bridgehead atoms. The van der Waals surface area contributed by atoms with Crippen molar-refractivity contribution in [1.29, 1.82) is 5.41 Å². The van der Waals surface area contributed by atoms with Crippen molar-refractivity contribution >= 4 is 17.4 Å². The normalized spacial score (nSPS) is 9.83. The summed E-state index contributed by atoms with van der Waals surface area (Å²) in [7, 11) is 0. The van der Waals surface area contributed by atoms with Crippen molar-refractivity contribution in [2.75, 3.05) is 0 Å². The fourth-order valence-electron chi connectivity index (χ4n) is 1.08. The molecule has 12 heavy (non-hydrogen) atoms. The van der Waals surface area contributed by atoms with Crippen molar-refractivity contribution < 1.29 is 0 Å². The molecule has 0 aliphatic carbocycles. The maximum absolute atomic E-state index is 7.14. The lowest BCUT2D eigenvalue weighted by molar-refractivity contribution is 1.21. The van der Waals surface area contributed by atoms with E-state index in [-0.39, 0.29) is 5.84 Å². The van der Waals surface area contributed by atoms with Gasteiger partial charge in [0.1, 0.15) is 0 Å². The van der Waals surface area contributed by atoms with Crippen LogP contribution in [0.4, 0.5) is 0 Å². The molecule has 2 nitrogen and oxygen atoms in total. The predicted molar refractivity (Wildman–Crippen MR) is 51.8 cm³/mol. The minimum atomic E-state index is 0.145. The zero-order chi connectivity index (χ0) is 9.14. The van der Waals surface area contributed by atoms with Gasteiger partial charge in [-0.25, -0.2) is 0 Å². The van der Waals surface area contributed by atoms with Crippen LogP contribution in [0.3, 0.4) is 0 Å². The van der Waals surface area contributed by atoms with Gasteiger partial charge in [0.25, 0.3) is 0 Å². The van der Waals surface area contributed by atoms with Crippen molar-refractivity contribution in [3.8, 4) is 0 Å². The summed E-state index contributed by atoms with van der Waals surface area (Å²) in [6.07, 6.45) is 0.436. The van der Waals surface area contributed by atoms with Crippen LogP contribution >= 0.6 is 11.6 Å². The predicted octanol–water partition coefficient (Wildman–Crippen LogP) is 2.13. The van der Waals surface area contributed by atoms with Gasteiger partial charge in [-0.15, -0.1) is 0 Å². The molecule has 0 aliphatic heterocycles. The van der Waals surface area contributed by atoms with Gasteiger partial charge in [-0.3, -0.25) is 5.41 Å². The van der Waals surface area contributed by atoms with Gasteiger partial charge < -0.3 is 5.73 Å². The van der Waals surface area contributed by atoms with Gasteiger partial charge in [-0.1, -0.05) is 23.7 Å². The number of aryl methyl sites for hydroxylation is 1. The third-order valence-electron chi connectivity index (χ3n) is 1.72. The molecule has 0 spiro atoms. The van der Waals surface area contributed by atoms with E-state index >= 15 is 0 Å². The summed E-state index contributed by atoms with van der Waals surface area (Å²) in [6.45, 7) is 1.96. The maximum atomic E-state index is 7.14. The second-order valence-corrected chi connectivity index (χ2v) is 3.14. The Morgan fingerprint density at radius 3 is 2.75 bits per heavy atom. The van der Waals surface area contributed by atoms with Crippen LogP contribution < -0.4 is 5.73 Å². The van der Waals surface area contributed by atoms with E-state index in [0.717, 1.165) is 11.1 Å². The molecule has 0 saturated heterocycles. The largest absolute Gasteiger partial charge is 0.387 e. The molecule has 0 fully saturated rings. The van der Waals surface area contributed by atoms with E-state index in [0.29, 0.717) is 11.4 Å². The molecule has 3 heteroatoms. The third kappa shape index (κ3) is 1.98. The fourth-order valence-corrected chi connectivity index (χ4v) is 1.37. The molecular weight excluding hydrogens is 172 g/mol. The topological polar surface area (TPSA) is 49.9 Å². The minimum Gasteiger partial charge on any atom is -0.387 e. The van der Waals surface area contributed by atoms with Gasteiger partial charge in [-0.05, 0) is 24.1 Å². The van der Waals surface area contributed by atoms with E-state index in [4.69, 9.17) is 22.7 Å². The van der Waals surface area contributed by atoms with Crippen molar-refractivity contribution in [3.05, 3.63) is 34.3 Å². The quantitative estimate of drug-likeness (QED) is 0.534. The van der Waals surface area contributed by atoms with Crippen LogP contribution in [0.2, 0.25) is 5.02 Å². The average Bonchev–Trinajstić information content (AvgIpc) is 1.97. The number of nitrogens with one attached hydrogen (secondary N) is 1. The van der Waals surface area contributed by atoms with Crippen LogP contribution in [0.5, 0.6) is 0 Å². The summed E-state index contributed by atoms with van der Waals surface area (Å²) in [5.74, 6) is 0.145. The third-order valence-corrected chi connectivity index (χ3v) is 2.07. The van der Waals surface area contributed by atoms with Gasteiger partial charge in [0.2, 0.25) is 0 Å². The van der Waals surface area contributed by atoms with Crippen LogP contribution in [-0.2, 0) is 6.42 Å². The molecule has 1 rings (SSSR count). The molecule has 0 aliphatic rings. The Kier molecular flexibility index (Phi) is 2.71. The second kappa shape index (κ2) is 3.59. The Hall–Kier alpha value is -1.02. The summed E-state index contributed by atoms with van der Waals surface area (Å²) in [5, 5.41) is 7.83. The maximum Gasteiger partial charge on any atom is 0.0950 e. The summed E-state index contributed by atoms with van der Waals surface area (Å²) in [5.41, 5.74) is 7.32. The lowest BCUT2D eigenvalue weighted by atomic mass is 10.1. The first-order chi connectivity index (χ1) is 5.61. The molecule has 1 aromatic rings. The van der Waals surface area contributed by atoms with E-state index in [2.05, 4.69) is 0 Å². The van der Waals surface area contributed by atoms with Crippen molar-refractivity contribution in [2.45, 2.75) is 13.3 Å².